The third-order valence-electron chi connectivity index (χ3n) is 0.331. The van der Waals surface area contributed by atoms with E-state index in [2.05, 4.69) is 15.4 Å². The average Bonchev–Trinajstić information content (AvgIpc) is 1.76. The molecule has 0 unspecified atom stereocenters. The van der Waals surface area contributed by atoms with Crippen LogP contribution in [0.15, 0.2) is 12.4 Å². The first kappa shape index (κ1) is 15.7. The Morgan fingerprint density at radius 1 is 1.00 bits per heavy atom. The summed E-state index contributed by atoms with van der Waals surface area (Å²) < 4.78 is 0. The molecule has 0 amide bonds. The molecule has 0 aliphatic rings. The predicted molar refractivity (Wildman–Crippen MR) is 16.4 cm³/mol. The molecule has 1 N–H and O–H groups in total. The van der Waals surface area contributed by atoms with E-state index in [0.717, 1.165) is 0 Å². The van der Waals surface area contributed by atoms with Gasteiger partial charge in [-0.25, -0.2) is 0 Å². The summed E-state index contributed by atoms with van der Waals surface area (Å²) in [7, 11) is 0. The van der Waals surface area contributed by atoms with Crippen molar-refractivity contribution in [2.75, 3.05) is 0 Å². The van der Waals surface area contributed by atoms with Gasteiger partial charge in [-0.3, -0.25) is 0 Å². The van der Waals surface area contributed by atoms with Crippen LogP contribution < -0.4 is 24.8 Å². The van der Waals surface area contributed by atoms with Gasteiger partial charge in [-0.05, 0) is 0 Å². The van der Waals surface area contributed by atoms with Crippen LogP contribution in [-0.2, 0) is 17.1 Å². The molecule has 0 aromatic carbocycles. The number of aromatic nitrogens is 3. The van der Waals surface area contributed by atoms with E-state index in [1.165, 1.54) is 0 Å². The zero-order valence-electron chi connectivity index (χ0n) is 3.66. The molecule has 6 heteroatoms. The zero-order chi connectivity index (χ0) is 3.54. The Bertz CT molecular complexity index is 71.8. The molecule has 0 atom stereocenters. The van der Waals surface area contributed by atoms with Crippen molar-refractivity contribution in [3.05, 3.63) is 12.4 Å². The summed E-state index contributed by atoms with van der Waals surface area (Å²) in [4.78, 5) is 0. The summed E-state index contributed by atoms with van der Waals surface area (Å²) in [6, 6.07) is 0. The molecule has 1 aromatic heterocycles. The number of nitrogens with one attached hydrogen (secondary N) is 1. The fourth-order valence-corrected chi connectivity index (χ4v) is 0.167. The van der Waals surface area contributed by atoms with Gasteiger partial charge in [0.05, 0.1) is 12.4 Å². The number of hydrogen-bond acceptors (Lipinski definition) is 2. The van der Waals surface area contributed by atoms with E-state index in [-0.39, 0.29) is 41.9 Å². The molecule has 0 bridgehead atoms. The predicted octanol–water partition coefficient (Wildman–Crippen LogP) is -6.19. The van der Waals surface area contributed by atoms with E-state index in [1.807, 2.05) is 0 Å². The minimum Gasteiger partial charge on any atom is -1.00 e. The number of halogens is 2. The minimum atomic E-state index is 0. The van der Waals surface area contributed by atoms with Crippen LogP contribution in [0.2, 0.25) is 0 Å². The maximum atomic E-state index is 3.49. The van der Waals surface area contributed by atoms with Crippen LogP contribution in [0.4, 0.5) is 0 Å². The molecule has 0 aliphatic carbocycles. The summed E-state index contributed by atoms with van der Waals surface area (Å²) in [5.41, 5.74) is 0. The number of rotatable bonds is 0. The van der Waals surface area contributed by atoms with E-state index in [1.54, 1.807) is 12.4 Å². The van der Waals surface area contributed by atoms with Gasteiger partial charge in [0, 0.05) is 0 Å². The first-order valence-corrected chi connectivity index (χ1v) is 1.30. The average molecular weight is 196 g/mol. The summed E-state index contributed by atoms with van der Waals surface area (Å²) in [6.45, 7) is 0. The molecule has 0 saturated carbocycles. The molecule has 0 saturated heterocycles. The Balaban J connectivity index is -0.0000000833. The van der Waals surface area contributed by atoms with Crippen LogP contribution in [-0.4, -0.2) is 15.4 Å². The summed E-state index contributed by atoms with van der Waals surface area (Å²) in [5.74, 6) is 0. The van der Waals surface area contributed by atoms with Gasteiger partial charge >= 0.3 is 17.1 Å². The van der Waals surface area contributed by atoms with Crippen LogP contribution in [0.1, 0.15) is 0 Å². The Hall–Kier alpha value is 0.239. The van der Waals surface area contributed by atoms with Gasteiger partial charge in [-0.15, -0.1) is 0 Å². The number of H-pyrrole nitrogens is 1. The van der Waals surface area contributed by atoms with E-state index in [4.69, 9.17) is 0 Å². The first-order valence-electron chi connectivity index (χ1n) is 1.30. The van der Waals surface area contributed by atoms with E-state index in [0.29, 0.717) is 0 Å². The van der Waals surface area contributed by atoms with Crippen LogP contribution >= 0.6 is 0 Å². The van der Waals surface area contributed by atoms with E-state index in [9.17, 15) is 0 Å². The molecular weight excluding hydrogens is 193 g/mol. The van der Waals surface area contributed by atoms with E-state index >= 15 is 0 Å². The van der Waals surface area contributed by atoms with Crippen molar-refractivity contribution in [1.82, 2.24) is 15.4 Å². The van der Waals surface area contributed by atoms with Gasteiger partial charge in [-0.2, -0.15) is 15.4 Å². The third-order valence-corrected chi connectivity index (χ3v) is 0.331. The Kier molecular flexibility index (Phi) is 20.2. The first-order chi connectivity index (χ1) is 2.50. The van der Waals surface area contributed by atoms with Gasteiger partial charge in [0.15, 0.2) is 0 Å². The topological polar surface area (TPSA) is 41.6 Å². The largest absolute Gasteiger partial charge is 2.00 e. The molecule has 0 fully saturated rings. The van der Waals surface area contributed by atoms with Crippen molar-refractivity contribution >= 4 is 0 Å². The van der Waals surface area contributed by atoms with Crippen LogP contribution in [0.25, 0.3) is 0 Å². The molecule has 8 heavy (non-hydrogen) atoms. The van der Waals surface area contributed by atoms with Crippen molar-refractivity contribution in [2.24, 2.45) is 0 Å². The van der Waals surface area contributed by atoms with Gasteiger partial charge < -0.3 is 24.8 Å². The van der Waals surface area contributed by atoms with Gasteiger partial charge in [-0.1, -0.05) is 0 Å². The third kappa shape index (κ3) is 6.24. The monoisotopic (exact) mass is 195 g/mol. The zero-order valence-corrected chi connectivity index (χ0v) is 6.27. The Morgan fingerprint density at radius 2 is 1.38 bits per heavy atom. The summed E-state index contributed by atoms with van der Waals surface area (Å²) >= 11 is 0. The van der Waals surface area contributed by atoms with Crippen molar-refractivity contribution < 1.29 is 41.9 Å². The number of aromatic amines is 1. The van der Waals surface area contributed by atoms with Crippen LogP contribution in [0, 0.1) is 0 Å². The van der Waals surface area contributed by atoms with Crippen molar-refractivity contribution in [2.45, 2.75) is 0 Å². The quantitative estimate of drug-likeness (QED) is 0.419. The second-order valence-corrected chi connectivity index (χ2v) is 0.656. The Labute approximate surface area is 69.9 Å². The second kappa shape index (κ2) is 10.3. The molecular formula is C2H3Cl2FeN3. The van der Waals surface area contributed by atoms with Gasteiger partial charge in [0.2, 0.25) is 0 Å². The molecule has 1 rings (SSSR count). The fourth-order valence-electron chi connectivity index (χ4n) is 0.167. The normalized spacial score (nSPS) is 5.00. The molecule has 0 spiro atoms. The molecule has 1 heterocycles. The minimum absolute atomic E-state index is 0. The van der Waals surface area contributed by atoms with Gasteiger partial charge in [0.1, 0.15) is 0 Å². The van der Waals surface area contributed by atoms with Gasteiger partial charge in [0.25, 0.3) is 0 Å². The maximum Gasteiger partial charge on any atom is 2.00 e. The summed E-state index contributed by atoms with van der Waals surface area (Å²) in [5, 5.41) is 9.33. The standard InChI is InChI=1S/C2H3N3.2ClH.Fe/c1-2-4-5-3-1;;;/h1-2H,(H,3,4,5);2*1H;/q;;;+2/p-2. The molecule has 0 radical (unpaired) electrons. The molecule has 0 aliphatic heterocycles. The van der Waals surface area contributed by atoms with Crippen molar-refractivity contribution in [3.63, 3.8) is 0 Å². The Morgan fingerprint density at radius 3 is 1.50 bits per heavy atom. The SMILES string of the molecule is [Cl-].[Cl-].[Fe+2].c1cn[nH]n1. The van der Waals surface area contributed by atoms with Crippen LogP contribution in [0.5, 0.6) is 0 Å². The number of hydrogen-bond donors (Lipinski definition) is 1. The maximum absolute atomic E-state index is 3.49. The number of nitrogens with zero attached hydrogens (tertiary/aromatic N) is 2. The fraction of sp³-hybridized carbons (Fsp3) is 0. The molecule has 1 aromatic rings. The van der Waals surface area contributed by atoms with Crippen molar-refractivity contribution in [3.8, 4) is 0 Å². The summed E-state index contributed by atoms with van der Waals surface area (Å²) in [6.07, 6.45) is 3.17. The molecule has 3 nitrogen and oxygen atoms in total. The second-order valence-electron chi connectivity index (χ2n) is 0.656. The van der Waals surface area contributed by atoms with E-state index < -0.39 is 0 Å². The smallest absolute Gasteiger partial charge is 1.00 e. The van der Waals surface area contributed by atoms with Crippen LogP contribution in [0.3, 0.4) is 0 Å². The molecule has 48 valence electrons. The van der Waals surface area contributed by atoms with Crippen molar-refractivity contribution in [1.29, 1.82) is 0 Å².